The van der Waals surface area contributed by atoms with Crippen molar-refractivity contribution < 1.29 is 14.9 Å². The van der Waals surface area contributed by atoms with Crippen molar-refractivity contribution in [3.8, 4) is 0 Å². The minimum Gasteiger partial charge on any atom is -0.335 e. The van der Waals surface area contributed by atoms with Crippen LogP contribution >= 0.6 is 0 Å². The molecule has 3 amide bonds. The number of amides is 3. The first kappa shape index (κ1) is 19.7. The van der Waals surface area contributed by atoms with E-state index in [2.05, 4.69) is 47.0 Å². The predicted molar refractivity (Wildman–Crippen MR) is 103 cm³/mol. The van der Waals surface area contributed by atoms with E-state index in [1.54, 1.807) is 0 Å². The van der Waals surface area contributed by atoms with E-state index in [1.165, 1.54) is 5.56 Å². The van der Waals surface area contributed by atoms with Gasteiger partial charge in [0.1, 0.15) is 6.04 Å². The Hall–Kier alpha value is -2.66. The number of rotatable bonds is 7. The van der Waals surface area contributed by atoms with Gasteiger partial charge in [0.05, 0.1) is 0 Å². The number of quaternary nitrogens is 1. The van der Waals surface area contributed by atoms with E-state index in [0.717, 1.165) is 17.5 Å². The van der Waals surface area contributed by atoms with Crippen LogP contribution in [-0.4, -0.2) is 24.5 Å². The van der Waals surface area contributed by atoms with Gasteiger partial charge in [-0.3, -0.25) is 10.1 Å². The van der Waals surface area contributed by atoms with Gasteiger partial charge in [-0.25, -0.2) is 4.79 Å². The maximum absolute atomic E-state index is 12.1. The lowest BCUT2D eigenvalue weighted by atomic mass is 9.98. The number of urea groups is 1. The molecule has 0 aliphatic heterocycles. The van der Waals surface area contributed by atoms with Crippen LogP contribution < -0.4 is 16.0 Å². The minimum absolute atomic E-state index is 0.000164. The second-order valence-electron chi connectivity index (χ2n) is 6.57. The number of benzene rings is 2. The Labute approximate surface area is 155 Å². The van der Waals surface area contributed by atoms with Crippen LogP contribution in [0.4, 0.5) is 4.79 Å². The van der Waals surface area contributed by atoms with Crippen LogP contribution in [-0.2, 0) is 4.79 Å². The van der Waals surface area contributed by atoms with Gasteiger partial charge in [-0.2, -0.15) is 0 Å². The van der Waals surface area contributed by atoms with Gasteiger partial charge in [-0.15, -0.1) is 0 Å². The van der Waals surface area contributed by atoms with Gasteiger partial charge in [-0.1, -0.05) is 67.1 Å². The standard InChI is InChI=1S/C21H27N3O2/c1-4-16(3)23-21(26)24-19(25)14-22-20(17-8-6-5-7-9-17)18-12-10-15(2)11-13-18/h5-13,16,20,22H,4,14H2,1-3H3,(H2,23,24,25,26)/p+1/t16-,20-/m1/s1. The normalized spacial score (nSPS) is 12.9. The molecule has 0 aromatic heterocycles. The summed E-state index contributed by atoms with van der Waals surface area (Å²) in [6, 6.07) is 17.9. The number of imide groups is 1. The Balaban J connectivity index is 2.02. The molecule has 5 heteroatoms. The highest BCUT2D eigenvalue weighted by Crippen LogP contribution is 2.18. The number of aryl methyl sites for hydroxylation is 1. The fourth-order valence-electron chi connectivity index (χ4n) is 2.66. The molecular formula is C21H28N3O2+. The van der Waals surface area contributed by atoms with E-state index < -0.39 is 6.03 Å². The molecule has 138 valence electrons. The molecule has 2 aromatic carbocycles. The molecule has 0 spiro atoms. The molecule has 0 saturated carbocycles. The summed E-state index contributed by atoms with van der Waals surface area (Å²) in [4.78, 5) is 23.9. The smallest absolute Gasteiger partial charge is 0.321 e. The predicted octanol–water partition coefficient (Wildman–Crippen LogP) is 2.27. The van der Waals surface area contributed by atoms with Crippen molar-refractivity contribution in [2.45, 2.75) is 39.3 Å². The van der Waals surface area contributed by atoms with Crippen LogP contribution in [0.2, 0.25) is 0 Å². The summed E-state index contributed by atoms with van der Waals surface area (Å²) < 4.78 is 0. The van der Waals surface area contributed by atoms with Crippen molar-refractivity contribution in [1.29, 1.82) is 0 Å². The first-order valence-corrected chi connectivity index (χ1v) is 9.04. The highest BCUT2D eigenvalue weighted by Gasteiger charge is 2.19. The molecule has 0 aliphatic carbocycles. The zero-order chi connectivity index (χ0) is 18.9. The SMILES string of the molecule is CC[C@@H](C)NC(=O)NC(=O)C[NH2+][C@H](c1ccccc1)c1ccc(C)cc1. The van der Waals surface area contributed by atoms with Gasteiger partial charge in [0.2, 0.25) is 0 Å². The number of hydrogen-bond donors (Lipinski definition) is 3. The van der Waals surface area contributed by atoms with Crippen molar-refractivity contribution in [3.63, 3.8) is 0 Å². The third-order valence-corrected chi connectivity index (χ3v) is 4.38. The van der Waals surface area contributed by atoms with Crippen molar-refractivity contribution >= 4 is 11.9 Å². The quantitative estimate of drug-likeness (QED) is 0.713. The number of nitrogens with two attached hydrogens (primary N) is 1. The van der Waals surface area contributed by atoms with Crippen molar-refractivity contribution in [2.75, 3.05) is 6.54 Å². The van der Waals surface area contributed by atoms with E-state index in [0.29, 0.717) is 0 Å². The van der Waals surface area contributed by atoms with E-state index in [9.17, 15) is 9.59 Å². The maximum atomic E-state index is 12.1. The summed E-state index contributed by atoms with van der Waals surface area (Å²) in [6.07, 6.45) is 0.817. The van der Waals surface area contributed by atoms with Gasteiger partial charge >= 0.3 is 6.03 Å². The Bertz CT molecular complexity index is 714. The zero-order valence-electron chi connectivity index (χ0n) is 15.7. The van der Waals surface area contributed by atoms with E-state index in [-0.39, 0.29) is 24.5 Å². The monoisotopic (exact) mass is 354 g/mol. The van der Waals surface area contributed by atoms with Gasteiger partial charge in [-0.05, 0) is 20.3 Å². The molecule has 26 heavy (non-hydrogen) atoms. The number of hydrogen-bond acceptors (Lipinski definition) is 2. The Morgan fingerprint density at radius 3 is 2.23 bits per heavy atom. The average Bonchev–Trinajstić information content (AvgIpc) is 2.64. The highest BCUT2D eigenvalue weighted by atomic mass is 16.2. The van der Waals surface area contributed by atoms with E-state index in [4.69, 9.17) is 0 Å². The summed E-state index contributed by atoms with van der Waals surface area (Å²) in [7, 11) is 0. The molecule has 0 fully saturated rings. The molecule has 0 bridgehead atoms. The maximum Gasteiger partial charge on any atom is 0.321 e. The van der Waals surface area contributed by atoms with Crippen LogP contribution in [0.3, 0.4) is 0 Å². The fourth-order valence-corrected chi connectivity index (χ4v) is 2.66. The van der Waals surface area contributed by atoms with Crippen molar-refractivity contribution in [2.24, 2.45) is 0 Å². The number of nitrogens with one attached hydrogen (secondary N) is 2. The second kappa shape index (κ2) is 9.73. The van der Waals surface area contributed by atoms with Crippen molar-refractivity contribution in [3.05, 3.63) is 71.3 Å². The summed E-state index contributed by atoms with van der Waals surface area (Å²) >= 11 is 0. The molecule has 2 aromatic rings. The van der Waals surface area contributed by atoms with Gasteiger partial charge in [0, 0.05) is 17.2 Å². The van der Waals surface area contributed by atoms with E-state index >= 15 is 0 Å². The average molecular weight is 354 g/mol. The second-order valence-corrected chi connectivity index (χ2v) is 6.57. The van der Waals surface area contributed by atoms with Crippen LogP contribution in [0.25, 0.3) is 0 Å². The molecule has 0 aliphatic rings. The molecular weight excluding hydrogens is 326 g/mol. The minimum atomic E-state index is -0.440. The third-order valence-electron chi connectivity index (χ3n) is 4.38. The molecule has 0 radical (unpaired) electrons. The Kier molecular flexibility index (Phi) is 7.36. The first-order valence-electron chi connectivity index (χ1n) is 9.04. The lowest BCUT2D eigenvalue weighted by Gasteiger charge is -2.17. The summed E-state index contributed by atoms with van der Waals surface area (Å²) in [5, 5.41) is 7.08. The van der Waals surface area contributed by atoms with Crippen LogP contribution in [0.5, 0.6) is 0 Å². The molecule has 5 nitrogen and oxygen atoms in total. The van der Waals surface area contributed by atoms with Crippen LogP contribution in [0, 0.1) is 6.92 Å². The lowest BCUT2D eigenvalue weighted by molar-refractivity contribution is -0.676. The number of carbonyl (C=O) groups excluding carboxylic acids is 2. The molecule has 4 N–H and O–H groups in total. The third kappa shape index (κ3) is 6.01. The largest absolute Gasteiger partial charge is 0.335 e. The van der Waals surface area contributed by atoms with Gasteiger partial charge < -0.3 is 10.6 Å². The molecule has 0 heterocycles. The Morgan fingerprint density at radius 2 is 1.62 bits per heavy atom. The molecule has 2 rings (SSSR count). The molecule has 2 atom stereocenters. The van der Waals surface area contributed by atoms with Gasteiger partial charge in [0.25, 0.3) is 5.91 Å². The molecule has 0 saturated heterocycles. The zero-order valence-corrected chi connectivity index (χ0v) is 15.7. The summed E-state index contributed by atoms with van der Waals surface area (Å²) in [5.74, 6) is -0.307. The number of carbonyl (C=O) groups is 2. The summed E-state index contributed by atoms with van der Waals surface area (Å²) in [5.41, 5.74) is 3.44. The lowest BCUT2D eigenvalue weighted by Crippen LogP contribution is -2.88. The Morgan fingerprint density at radius 1 is 1.00 bits per heavy atom. The van der Waals surface area contributed by atoms with Crippen molar-refractivity contribution in [1.82, 2.24) is 10.6 Å². The first-order chi connectivity index (χ1) is 12.5. The van der Waals surface area contributed by atoms with Crippen LogP contribution in [0.1, 0.15) is 43.0 Å². The topological polar surface area (TPSA) is 74.8 Å². The summed E-state index contributed by atoms with van der Waals surface area (Å²) in [6.45, 7) is 6.10. The molecule has 0 unspecified atom stereocenters. The van der Waals surface area contributed by atoms with E-state index in [1.807, 2.05) is 44.3 Å². The highest BCUT2D eigenvalue weighted by molar-refractivity contribution is 5.94. The van der Waals surface area contributed by atoms with Gasteiger partial charge in [0.15, 0.2) is 6.54 Å². The fraction of sp³-hybridized carbons (Fsp3) is 0.333. The van der Waals surface area contributed by atoms with Crippen LogP contribution in [0.15, 0.2) is 54.6 Å².